The van der Waals surface area contributed by atoms with E-state index in [1.165, 1.54) is 0 Å². The van der Waals surface area contributed by atoms with E-state index in [0.29, 0.717) is 11.1 Å². The topological polar surface area (TPSA) is 32.7 Å². The van der Waals surface area contributed by atoms with Crippen LogP contribution in [0.5, 0.6) is 0 Å². The van der Waals surface area contributed by atoms with Crippen LogP contribution in [0.2, 0.25) is 5.02 Å². The molecule has 4 heteroatoms. The highest BCUT2D eigenvalue weighted by atomic mass is 35.5. The Hall–Kier alpha value is -0.770. The van der Waals surface area contributed by atoms with Crippen LogP contribution in [0.25, 0.3) is 0 Å². The molecule has 0 aromatic heterocycles. The Balaban J connectivity index is 2.26. The minimum atomic E-state index is -0.483. The van der Waals surface area contributed by atoms with Gasteiger partial charge in [-0.2, -0.15) is 0 Å². The van der Waals surface area contributed by atoms with E-state index in [4.69, 9.17) is 16.3 Å². The zero-order chi connectivity index (χ0) is 13.1. The van der Waals surface area contributed by atoms with Gasteiger partial charge >= 0.3 is 0 Å². The van der Waals surface area contributed by atoms with Gasteiger partial charge in [-0.3, -0.25) is 0 Å². The van der Waals surface area contributed by atoms with Crippen molar-refractivity contribution in [3.63, 3.8) is 0 Å². The first-order valence-electron chi connectivity index (χ1n) is 6.45. The number of anilines is 1. The standard InChI is InChI=1S/C14H20ClNO2/c1-3-12-9-18-7-6-16(12)14-5-4-11(10(2)17)8-13(14)15/h4-5,8,10,12,17H,3,6-7,9H2,1-2H3/t10-,12?/m0/s1. The molecule has 0 radical (unpaired) electrons. The van der Waals surface area contributed by atoms with Crippen molar-refractivity contribution in [3.8, 4) is 0 Å². The summed E-state index contributed by atoms with van der Waals surface area (Å²) in [5, 5.41) is 10.3. The van der Waals surface area contributed by atoms with Crippen LogP contribution >= 0.6 is 11.6 Å². The number of morpholine rings is 1. The smallest absolute Gasteiger partial charge is 0.0762 e. The fourth-order valence-corrected chi connectivity index (χ4v) is 2.62. The Morgan fingerprint density at radius 1 is 1.56 bits per heavy atom. The number of ether oxygens (including phenoxy) is 1. The zero-order valence-electron chi connectivity index (χ0n) is 10.9. The molecule has 3 nitrogen and oxygen atoms in total. The van der Waals surface area contributed by atoms with Crippen molar-refractivity contribution in [3.05, 3.63) is 28.8 Å². The van der Waals surface area contributed by atoms with E-state index in [1.807, 2.05) is 18.2 Å². The summed E-state index contributed by atoms with van der Waals surface area (Å²) < 4.78 is 5.50. The van der Waals surface area contributed by atoms with Crippen LogP contribution in [-0.4, -0.2) is 30.9 Å². The Morgan fingerprint density at radius 2 is 2.33 bits per heavy atom. The SMILES string of the molecule is CCC1COCCN1c1ccc([C@H](C)O)cc1Cl. The molecule has 1 fully saturated rings. The van der Waals surface area contributed by atoms with E-state index in [0.717, 1.165) is 37.4 Å². The average molecular weight is 270 g/mol. The van der Waals surface area contributed by atoms with Crippen LogP contribution < -0.4 is 4.90 Å². The van der Waals surface area contributed by atoms with Crippen molar-refractivity contribution in [2.24, 2.45) is 0 Å². The molecule has 18 heavy (non-hydrogen) atoms. The van der Waals surface area contributed by atoms with Crippen LogP contribution in [0.15, 0.2) is 18.2 Å². The normalized spacial score (nSPS) is 22.0. The van der Waals surface area contributed by atoms with E-state index < -0.39 is 6.10 Å². The minimum absolute atomic E-state index is 0.383. The van der Waals surface area contributed by atoms with E-state index in [9.17, 15) is 5.11 Å². The third kappa shape index (κ3) is 2.79. The van der Waals surface area contributed by atoms with Crippen molar-refractivity contribution in [1.29, 1.82) is 0 Å². The summed E-state index contributed by atoms with van der Waals surface area (Å²) in [6, 6.07) is 6.17. The molecule has 1 aliphatic heterocycles. The molecule has 1 saturated heterocycles. The minimum Gasteiger partial charge on any atom is -0.389 e. The maximum Gasteiger partial charge on any atom is 0.0762 e. The van der Waals surface area contributed by atoms with Crippen molar-refractivity contribution >= 4 is 17.3 Å². The van der Waals surface area contributed by atoms with Crippen LogP contribution in [0, 0.1) is 0 Å². The van der Waals surface area contributed by atoms with Gasteiger partial charge in [-0.1, -0.05) is 24.6 Å². The zero-order valence-corrected chi connectivity index (χ0v) is 11.7. The highest BCUT2D eigenvalue weighted by Gasteiger charge is 2.23. The monoisotopic (exact) mass is 269 g/mol. The first kappa shape index (κ1) is 13.7. The maximum atomic E-state index is 9.56. The molecule has 1 N–H and O–H groups in total. The third-order valence-electron chi connectivity index (χ3n) is 3.46. The van der Waals surface area contributed by atoms with Crippen LogP contribution in [0.4, 0.5) is 5.69 Å². The number of hydrogen-bond acceptors (Lipinski definition) is 3. The molecule has 1 aromatic carbocycles. The van der Waals surface area contributed by atoms with Gasteiger partial charge in [0.15, 0.2) is 0 Å². The summed E-state index contributed by atoms with van der Waals surface area (Å²) in [6.45, 7) is 6.27. The Kier molecular flexibility index (Phi) is 4.49. The summed E-state index contributed by atoms with van der Waals surface area (Å²) in [7, 11) is 0. The molecule has 0 saturated carbocycles. The molecule has 1 aliphatic rings. The van der Waals surface area contributed by atoms with Crippen LogP contribution in [0.3, 0.4) is 0 Å². The van der Waals surface area contributed by atoms with Crippen molar-refractivity contribution in [2.45, 2.75) is 32.4 Å². The quantitative estimate of drug-likeness (QED) is 0.916. The second kappa shape index (κ2) is 5.91. The number of benzene rings is 1. The number of halogens is 1. The van der Waals surface area contributed by atoms with Gasteiger partial charge in [-0.25, -0.2) is 0 Å². The molecule has 0 spiro atoms. The van der Waals surface area contributed by atoms with Gasteiger partial charge in [0.05, 0.1) is 36.1 Å². The molecule has 0 bridgehead atoms. The summed E-state index contributed by atoms with van der Waals surface area (Å²) >= 11 is 6.34. The van der Waals surface area contributed by atoms with E-state index >= 15 is 0 Å². The van der Waals surface area contributed by atoms with Gasteiger partial charge in [0.25, 0.3) is 0 Å². The number of hydrogen-bond donors (Lipinski definition) is 1. The first-order valence-corrected chi connectivity index (χ1v) is 6.83. The fourth-order valence-electron chi connectivity index (χ4n) is 2.33. The Labute approximate surface area is 113 Å². The second-order valence-corrected chi connectivity index (χ2v) is 5.12. The summed E-state index contributed by atoms with van der Waals surface area (Å²) in [5.41, 5.74) is 1.89. The van der Waals surface area contributed by atoms with Crippen LogP contribution in [-0.2, 0) is 4.74 Å². The number of aliphatic hydroxyl groups excluding tert-OH is 1. The molecule has 2 atom stereocenters. The van der Waals surface area contributed by atoms with E-state index in [-0.39, 0.29) is 0 Å². The van der Waals surface area contributed by atoms with Crippen molar-refractivity contribution in [1.82, 2.24) is 0 Å². The van der Waals surface area contributed by atoms with Gasteiger partial charge < -0.3 is 14.7 Å². The second-order valence-electron chi connectivity index (χ2n) is 4.72. The third-order valence-corrected chi connectivity index (χ3v) is 3.77. The Morgan fingerprint density at radius 3 is 2.94 bits per heavy atom. The molecule has 100 valence electrons. The molecule has 2 rings (SSSR count). The molecule has 1 aromatic rings. The fraction of sp³-hybridized carbons (Fsp3) is 0.571. The van der Waals surface area contributed by atoms with Gasteiger partial charge in [0, 0.05) is 6.54 Å². The highest BCUT2D eigenvalue weighted by molar-refractivity contribution is 6.33. The van der Waals surface area contributed by atoms with Crippen molar-refractivity contribution in [2.75, 3.05) is 24.7 Å². The van der Waals surface area contributed by atoms with E-state index in [2.05, 4.69) is 11.8 Å². The maximum absolute atomic E-state index is 9.56. The Bertz CT molecular complexity index is 409. The predicted octanol–water partition coefficient (Wildman–Crippen LogP) is 3.01. The van der Waals surface area contributed by atoms with Crippen LogP contribution in [0.1, 0.15) is 31.9 Å². The lowest BCUT2D eigenvalue weighted by atomic mass is 10.1. The lowest BCUT2D eigenvalue weighted by molar-refractivity contribution is 0.0930. The van der Waals surface area contributed by atoms with Gasteiger partial charge in [0.1, 0.15) is 0 Å². The number of rotatable bonds is 3. The van der Waals surface area contributed by atoms with Crippen molar-refractivity contribution < 1.29 is 9.84 Å². The molecule has 0 amide bonds. The summed E-state index contributed by atoms with van der Waals surface area (Å²) in [5.74, 6) is 0. The lowest BCUT2D eigenvalue weighted by Gasteiger charge is -2.37. The largest absolute Gasteiger partial charge is 0.389 e. The van der Waals surface area contributed by atoms with E-state index in [1.54, 1.807) is 6.92 Å². The highest BCUT2D eigenvalue weighted by Crippen LogP contribution is 2.31. The van der Waals surface area contributed by atoms with Gasteiger partial charge in [-0.05, 0) is 31.0 Å². The molecule has 1 unspecified atom stereocenters. The molecule has 0 aliphatic carbocycles. The average Bonchev–Trinajstić information content (AvgIpc) is 2.38. The molecular formula is C14H20ClNO2. The molecular weight excluding hydrogens is 250 g/mol. The predicted molar refractivity (Wildman–Crippen MR) is 74.3 cm³/mol. The first-order chi connectivity index (χ1) is 8.63. The van der Waals surface area contributed by atoms with Gasteiger partial charge in [-0.15, -0.1) is 0 Å². The summed E-state index contributed by atoms with van der Waals surface area (Å²) in [4.78, 5) is 2.30. The summed E-state index contributed by atoms with van der Waals surface area (Å²) in [6.07, 6.45) is 0.553. The molecule has 1 heterocycles. The number of aliphatic hydroxyl groups is 1. The number of nitrogens with zero attached hydrogens (tertiary/aromatic N) is 1. The van der Waals surface area contributed by atoms with Gasteiger partial charge in [0.2, 0.25) is 0 Å². The lowest BCUT2D eigenvalue weighted by Crippen LogP contribution is -2.45.